The molecule has 1 amide bonds. The lowest BCUT2D eigenvalue weighted by molar-refractivity contribution is -0.151. The predicted octanol–water partition coefficient (Wildman–Crippen LogP) is 2.83. The predicted molar refractivity (Wildman–Crippen MR) is 124 cm³/mol. The van der Waals surface area contributed by atoms with Gasteiger partial charge >= 0.3 is 0 Å². The Morgan fingerprint density at radius 1 is 1.18 bits per heavy atom. The van der Waals surface area contributed by atoms with E-state index in [1.807, 2.05) is 36.1 Å². The van der Waals surface area contributed by atoms with Crippen LogP contribution in [0.3, 0.4) is 0 Å². The van der Waals surface area contributed by atoms with Crippen LogP contribution in [0.1, 0.15) is 37.1 Å². The van der Waals surface area contributed by atoms with E-state index in [4.69, 9.17) is 14.2 Å². The summed E-state index contributed by atoms with van der Waals surface area (Å²) in [5.41, 5.74) is 3.08. The van der Waals surface area contributed by atoms with E-state index in [1.165, 1.54) is 0 Å². The highest BCUT2D eigenvalue weighted by Crippen LogP contribution is 2.31. The number of aromatic nitrogens is 2. The van der Waals surface area contributed by atoms with Gasteiger partial charge < -0.3 is 19.1 Å². The largest absolute Gasteiger partial charge is 0.490 e. The zero-order valence-electron chi connectivity index (χ0n) is 19.8. The van der Waals surface area contributed by atoms with Gasteiger partial charge in [0.2, 0.25) is 0 Å². The summed E-state index contributed by atoms with van der Waals surface area (Å²) in [6, 6.07) is 7.94. The lowest BCUT2D eigenvalue weighted by Gasteiger charge is -2.35. The summed E-state index contributed by atoms with van der Waals surface area (Å²) in [6.45, 7) is 11.3. The number of hydrogen-bond donors (Lipinski definition) is 0. The van der Waals surface area contributed by atoms with Gasteiger partial charge in [0, 0.05) is 45.3 Å². The highest BCUT2D eigenvalue weighted by Gasteiger charge is 2.31. The van der Waals surface area contributed by atoms with Crippen LogP contribution in [0.15, 0.2) is 30.5 Å². The number of ether oxygens (including phenoxy) is 3. The van der Waals surface area contributed by atoms with Crippen molar-refractivity contribution in [3.05, 3.63) is 47.3 Å². The summed E-state index contributed by atoms with van der Waals surface area (Å²) in [5.74, 6) is 1.90. The highest BCUT2D eigenvalue weighted by molar-refractivity contribution is 5.81. The van der Waals surface area contributed by atoms with Gasteiger partial charge in [-0.15, -0.1) is 0 Å². The lowest BCUT2D eigenvalue weighted by Crippen LogP contribution is -2.51. The van der Waals surface area contributed by atoms with Gasteiger partial charge in [-0.1, -0.05) is 19.9 Å². The normalized spacial score (nSPS) is 18.7. The molecule has 1 atom stereocenters. The number of carbonyl (C=O) groups excluding carboxylic acids is 1. The molecule has 0 bridgehead atoms. The van der Waals surface area contributed by atoms with E-state index >= 15 is 0 Å². The highest BCUT2D eigenvalue weighted by atomic mass is 16.5. The Kier molecular flexibility index (Phi) is 7.77. The maximum absolute atomic E-state index is 13.5. The standard InChI is InChI=1S/C25H34N4O4/c1-18(2)14-29(15-20-5-6-22-23(13-20)32-11-4-10-31-22)25(30)24-17-28(9-12-33-24)16-21-7-8-26-27-19(21)3/h5-8,13,18,24H,4,9-12,14-17H2,1-3H3. The van der Waals surface area contributed by atoms with Gasteiger partial charge in [0.15, 0.2) is 11.5 Å². The van der Waals surface area contributed by atoms with E-state index < -0.39 is 6.10 Å². The van der Waals surface area contributed by atoms with Crippen LogP contribution >= 0.6 is 0 Å². The molecule has 178 valence electrons. The molecule has 0 radical (unpaired) electrons. The molecule has 8 heteroatoms. The quantitative estimate of drug-likeness (QED) is 0.637. The minimum atomic E-state index is -0.479. The molecule has 3 heterocycles. The molecule has 8 nitrogen and oxygen atoms in total. The number of morpholine rings is 1. The molecule has 4 rings (SSSR count). The Morgan fingerprint density at radius 3 is 2.79 bits per heavy atom. The van der Waals surface area contributed by atoms with Crippen LogP contribution in [0.4, 0.5) is 0 Å². The van der Waals surface area contributed by atoms with Gasteiger partial charge in [-0.2, -0.15) is 10.2 Å². The minimum absolute atomic E-state index is 0.0325. The molecule has 1 fully saturated rings. The molecule has 0 saturated carbocycles. The average Bonchev–Trinajstić information content (AvgIpc) is 3.05. The third-order valence-electron chi connectivity index (χ3n) is 5.92. The molecule has 1 aromatic heterocycles. The molecular formula is C25H34N4O4. The molecule has 0 spiro atoms. The fraction of sp³-hybridized carbons (Fsp3) is 0.560. The third-order valence-corrected chi connectivity index (χ3v) is 5.92. The van der Waals surface area contributed by atoms with Gasteiger partial charge in [-0.3, -0.25) is 9.69 Å². The number of fused-ring (bicyclic) bond motifs is 1. The number of carbonyl (C=O) groups is 1. The SMILES string of the molecule is Cc1nnccc1CN1CCOC(C(=O)N(Cc2ccc3c(c2)OCCCO3)CC(C)C)C1. The van der Waals surface area contributed by atoms with Gasteiger partial charge in [-0.05, 0) is 42.2 Å². The smallest absolute Gasteiger partial charge is 0.253 e. The van der Waals surface area contributed by atoms with Crippen LogP contribution in [0.25, 0.3) is 0 Å². The van der Waals surface area contributed by atoms with Crippen LogP contribution in [0.5, 0.6) is 11.5 Å². The first kappa shape index (κ1) is 23.4. The van der Waals surface area contributed by atoms with E-state index in [1.54, 1.807) is 6.20 Å². The molecule has 0 N–H and O–H groups in total. The van der Waals surface area contributed by atoms with E-state index in [-0.39, 0.29) is 5.91 Å². The molecule has 1 aromatic carbocycles. The Morgan fingerprint density at radius 2 is 2.00 bits per heavy atom. The second-order valence-electron chi connectivity index (χ2n) is 9.18. The van der Waals surface area contributed by atoms with Crippen molar-refractivity contribution in [2.75, 3.05) is 39.5 Å². The van der Waals surface area contributed by atoms with Gasteiger partial charge in [0.25, 0.3) is 5.91 Å². The summed E-state index contributed by atoms with van der Waals surface area (Å²) in [5, 5.41) is 8.07. The fourth-order valence-corrected chi connectivity index (χ4v) is 4.23. The molecule has 0 aliphatic carbocycles. The molecular weight excluding hydrogens is 420 g/mol. The van der Waals surface area contributed by atoms with Crippen molar-refractivity contribution >= 4 is 5.91 Å². The average molecular weight is 455 g/mol. The molecule has 1 saturated heterocycles. The summed E-state index contributed by atoms with van der Waals surface area (Å²) >= 11 is 0. The van der Waals surface area contributed by atoms with Crippen LogP contribution in [-0.4, -0.2) is 71.5 Å². The topological polar surface area (TPSA) is 77.0 Å². The zero-order chi connectivity index (χ0) is 23.2. The first-order chi connectivity index (χ1) is 16.0. The lowest BCUT2D eigenvalue weighted by atomic mass is 10.1. The zero-order valence-corrected chi connectivity index (χ0v) is 19.8. The van der Waals surface area contributed by atoms with E-state index in [2.05, 4.69) is 28.9 Å². The Labute approximate surface area is 195 Å². The van der Waals surface area contributed by atoms with Gasteiger partial charge in [0.05, 0.1) is 25.5 Å². The van der Waals surface area contributed by atoms with Crippen LogP contribution < -0.4 is 9.47 Å². The number of hydrogen-bond acceptors (Lipinski definition) is 7. The van der Waals surface area contributed by atoms with Crippen molar-refractivity contribution in [3.8, 4) is 11.5 Å². The van der Waals surface area contributed by atoms with Crippen molar-refractivity contribution in [2.24, 2.45) is 5.92 Å². The number of amides is 1. The van der Waals surface area contributed by atoms with E-state index in [9.17, 15) is 4.79 Å². The summed E-state index contributed by atoms with van der Waals surface area (Å²) in [6.07, 6.45) is 2.10. The summed E-state index contributed by atoms with van der Waals surface area (Å²) < 4.78 is 17.5. The first-order valence-electron chi connectivity index (χ1n) is 11.8. The van der Waals surface area contributed by atoms with Crippen LogP contribution in [0, 0.1) is 12.8 Å². The van der Waals surface area contributed by atoms with Crippen molar-refractivity contribution in [2.45, 2.75) is 46.4 Å². The molecule has 2 aromatic rings. The summed E-state index contributed by atoms with van der Waals surface area (Å²) in [4.78, 5) is 17.7. The molecule has 2 aliphatic rings. The number of rotatable bonds is 7. The van der Waals surface area contributed by atoms with Gasteiger partial charge in [-0.25, -0.2) is 0 Å². The van der Waals surface area contributed by atoms with Crippen LogP contribution in [0.2, 0.25) is 0 Å². The summed E-state index contributed by atoms with van der Waals surface area (Å²) in [7, 11) is 0. The number of benzene rings is 1. The Hall–Kier alpha value is -2.71. The van der Waals surface area contributed by atoms with Gasteiger partial charge in [0.1, 0.15) is 6.10 Å². The Bertz CT molecular complexity index is 952. The number of aryl methyl sites for hydroxylation is 1. The maximum atomic E-state index is 13.5. The van der Waals surface area contributed by atoms with E-state index in [0.717, 1.165) is 47.8 Å². The minimum Gasteiger partial charge on any atom is -0.490 e. The van der Waals surface area contributed by atoms with Crippen molar-refractivity contribution in [1.82, 2.24) is 20.0 Å². The molecule has 33 heavy (non-hydrogen) atoms. The second-order valence-corrected chi connectivity index (χ2v) is 9.18. The second kappa shape index (κ2) is 10.9. The third kappa shape index (κ3) is 6.21. The number of nitrogens with zero attached hydrogens (tertiary/aromatic N) is 4. The molecule has 1 unspecified atom stereocenters. The van der Waals surface area contributed by atoms with Crippen molar-refractivity contribution in [1.29, 1.82) is 0 Å². The van der Waals surface area contributed by atoms with Crippen LogP contribution in [-0.2, 0) is 22.6 Å². The van der Waals surface area contributed by atoms with E-state index in [0.29, 0.717) is 45.4 Å². The molecule has 2 aliphatic heterocycles. The van der Waals surface area contributed by atoms with Crippen molar-refractivity contribution in [3.63, 3.8) is 0 Å². The Balaban J connectivity index is 1.44. The maximum Gasteiger partial charge on any atom is 0.253 e. The first-order valence-corrected chi connectivity index (χ1v) is 11.8. The monoisotopic (exact) mass is 454 g/mol. The van der Waals surface area contributed by atoms with Crippen molar-refractivity contribution < 1.29 is 19.0 Å². The fourth-order valence-electron chi connectivity index (χ4n) is 4.23.